The second-order valence-electron chi connectivity index (χ2n) is 11.8. The summed E-state index contributed by atoms with van der Waals surface area (Å²) in [4.78, 5) is 25.2. The van der Waals surface area contributed by atoms with Crippen molar-refractivity contribution in [3.63, 3.8) is 0 Å². The summed E-state index contributed by atoms with van der Waals surface area (Å²) in [7, 11) is 1.81. The summed E-state index contributed by atoms with van der Waals surface area (Å²) in [5.74, 6) is 0.587. The van der Waals surface area contributed by atoms with Gasteiger partial charge in [0.05, 0.1) is 11.9 Å². The van der Waals surface area contributed by atoms with Crippen LogP contribution in [-0.2, 0) is 18.9 Å². The van der Waals surface area contributed by atoms with Gasteiger partial charge in [0, 0.05) is 37.2 Å². The van der Waals surface area contributed by atoms with Gasteiger partial charge in [-0.2, -0.15) is 25.1 Å². The van der Waals surface area contributed by atoms with Crippen LogP contribution in [0.5, 0.6) is 0 Å². The molecule has 0 unspecified atom stereocenters. The zero-order valence-corrected chi connectivity index (χ0v) is 22.4. The quantitative estimate of drug-likeness (QED) is 0.322. The van der Waals surface area contributed by atoms with E-state index in [2.05, 4.69) is 66.7 Å². The minimum atomic E-state index is -0.283. The molecule has 0 amide bonds. The normalized spacial score (nSPS) is 20.8. The number of hydrogen-bond acceptors (Lipinski definition) is 7. The number of H-pyrrole nitrogens is 2. The lowest BCUT2D eigenvalue weighted by atomic mass is 9.73. The topological polar surface area (TPSA) is 134 Å². The van der Waals surface area contributed by atoms with Gasteiger partial charge in [0.2, 0.25) is 5.95 Å². The molecule has 40 heavy (non-hydrogen) atoms. The van der Waals surface area contributed by atoms with Crippen LogP contribution in [0.2, 0.25) is 0 Å². The van der Waals surface area contributed by atoms with E-state index in [4.69, 9.17) is 10.7 Å². The van der Waals surface area contributed by atoms with Gasteiger partial charge in [-0.1, -0.05) is 42.5 Å². The Balaban J connectivity index is 1.08. The van der Waals surface area contributed by atoms with E-state index in [0.717, 1.165) is 67.7 Å². The summed E-state index contributed by atoms with van der Waals surface area (Å²) in [5.41, 5.74) is 13.3. The molecule has 1 saturated carbocycles. The Morgan fingerprint density at radius 3 is 2.62 bits per heavy atom. The van der Waals surface area contributed by atoms with Gasteiger partial charge >= 0.3 is 0 Å². The first-order valence-electron chi connectivity index (χ1n) is 14.0. The number of aromatic nitrogens is 7. The van der Waals surface area contributed by atoms with Crippen molar-refractivity contribution in [1.82, 2.24) is 35.2 Å². The molecule has 4 heterocycles. The number of fused-ring (bicyclic) bond motifs is 2. The molecule has 202 valence electrons. The van der Waals surface area contributed by atoms with Crippen LogP contribution in [0.1, 0.15) is 54.1 Å². The zero-order valence-electron chi connectivity index (χ0n) is 22.4. The van der Waals surface area contributed by atoms with Gasteiger partial charge in [-0.25, -0.2) is 0 Å². The Morgan fingerprint density at radius 1 is 1.05 bits per heavy atom. The second-order valence-corrected chi connectivity index (χ2v) is 11.8. The molecule has 1 spiro atoms. The minimum Gasteiger partial charge on any atom is -0.342 e. The smallest absolute Gasteiger partial charge is 0.263 e. The van der Waals surface area contributed by atoms with Gasteiger partial charge in [-0.15, -0.1) is 0 Å². The average molecular weight is 534 g/mol. The number of benzene rings is 2. The Kier molecular flexibility index (Phi) is 4.92. The molecule has 1 atom stereocenters. The van der Waals surface area contributed by atoms with Gasteiger partial charge in [0.1, 0.15) is 11.1 Å². The lowest BCUT2D eigenvalue weighted by Crippen LogP contribution is -2.45. The summed E-state index contributed by atoms with van der Waals surface area (Å²) in [6.07, 6.45) is 6.58. The fourth-order valence-corrected chi connectivity index (χ4v) is 7.15. The summed E-state index contributed by atoms with van der Waals surface area (Å²) in [6, 6.07) is 16.9. The predicted molar refractivity (Wildman–Crippen MR) is 152 cm³/mol. The molecule has 5 aromatic rings. The minimum absolute atomic E-state index is 0.0522. The highest BCUT2D eigenvalue weighted by molar-refractivity contribution is 5.81. The second kappa shape index (κ2) is 8.34. The maximum atomic E-state index is 13.5. The summed E-state index contributed by atoms with van der Waals surface area (Å²) >= 11 is 0. The van der Waals surface area contributed by atoms with Gasteiger partial charge < -0.3 is 10.6 Å². The first-order chi connectivity index (χ1) is 19.5. The molecule has 3 aliphatic rings. The number of piperidine rings is 1. The summed E-state index contributed by atoms with van der Waals surface area (Å²) < 4.78 is 0. The van der Waals surface area contributed by atoms with Crippen LogP contribution < -0.4 is 16.2 Å². The third-order valence-electron chi connectivity index (χ3n) is 9.60. The van der Waals surface area contributed by atoms with Crippen molar-refractivity contribution in [2.75, 3.05) is 18.0 Å². The summed E-state index contributed by atoms with van der Waals surface area (Å²) in [5, 5.41) is 16.9. The van der Waals surface area contributed by atoms with E-state index in [1.54, 1.807) is 11.0 Å². The average Bonchev–Trinajstić information content (AvgIpc) is 3.33. The molecule has 2 fully saturated rings. The predicted octanol–water partition coefficient (Wildman–Crippen LogP) is 3.36. The van der Waals surface area contributed by atoms with Crippen LogP contribution in [0, 0.1) is 5.41 Å². The standard InChI is InChI=1S/C30H31N9O/c1-38-32-17-22(37-38)18-6-4-7-20(15-18)30(9-10-30)25-23-26(36-35-25)33-28(34-27(23)40)39-13-11-29(12-14-39)16-19-5-2-3-8-21(19)24(29)31/h2-8,15,17,24H,9-14,16,31H2,1H3,(H2,33,34,35,36,40)/t24-/m1/s1. The number of aromatic amines is 2. The molecule has 1 saturated heterocycles. The molecule has 2 aromatic carbocycles. The molecule has 2 aliphatic carbocycles. The van der Waals surface area contributed by atoms with Crippen LogP contribution >= 0.6 is 0 Å². The number of anilines is 1. The number of nitrogens with two attached hydrogens (primary N) is 1. The molecule has 8 rings (SSSR count). The molecule has 0 bridgehead atoms. The monoisotopic (exact) mass is 533 g/mol. The van der Waals surface area contributed by atoms with E-state index in [1.807, 2.05) is 19.2 Å². The van der Waals surface area contributed by atoms with Gasteiger partial charge in [0.25, 0.3) is 5.56 Å². The van der Waals surface area contributed by atoms with Crippen LogP contribution in [0.3, 0.4) is 0 Å². The fourth-order valence-electron chi connectivity index (χ4n) is 7.15. The van der Waals surface area contributed by atoms with Crippen LogP contribution in [-0.4, -0.2) is 48.2 Å². The number of nitrogens with one attached hydrogen (secondary N) is 2. The lowest BCUT2D eigenvalue weighted by molar-refractivity contribution is 0.187. The van der Waals surface area contributed by atoms with E-state index >= 15 is 0 Å². The van der Waals surface area contributed by atoms with Crippen molar-refractivity contribution in [3.05, 3.63) is 87.5 Å². The Labute approximate surface area is 230 Å². The number of hydrogen-bond donors (Lipinski definition) is 3. The maximum Gasteiger partial charge on any atom is 0.263 e. The van der Waals surface area contributed by atoms with Gasteiger partial charge in [-0.05, 0) is 60.3 Å². The van der Waals surface area contributed by atoms with Crippen LogP contribution in [0.4, 0.5) is 5.95 Å². The molecular weight excluding hydrogens is 502 g/mol. The van der Waals surface area contributed by atoms with Gasteiger partial charge in [0.15, 0.2) is 5.65 Å². The first-order valence-corrected chi connectivity index (χ1v) is 14.0. The SMILES string of the molecule is Cn1ncc(-c2cccc(C3(c4[nH]nc5nc(N6CCC7(CC6)Cc6ccccc6[C@H]7N)[nH]c(=O)c45)CC3)c2)n1. The number of aryl methyl sites for hydroxylation is 1. The fraction of sp³-hybridized carbons (Fsp3) is 0.367. The van der Waals surface area contributed by atoms with E-state index in [-0.39, 0.29) is 22.4 Å². The molecule has 1 aliphatic heterocycles. The molecule has 3 aromatic heterocycles. The van der Waals surface area contributed by atoms with Crippen LogP contribution in [0.15, 0.2) is 59.5 Å². The Morgan fingerprint density at radius 2 is 1.88 bits per heavy atom. The van der Waals surface area contributed by atoms with Crippen molar-refractivity contribution in [1.29, 1.82) is 0 Å². The lowest BCUT2D eigenvalue weighted by Gasteiger charge is -2.42. The van der Waals surface area contributed by atoms with E-state index in [0.29, 0.717) is 17.0 Å². The summed E-state index contributed by atoms with van der Waals surface area (Å²) in [6.45, 7) is 1.60. The Hall–Kier alpha value is -4.31. The Bertz CT molecular complexity index is 1820. The van der Waals surface area contributed by atoms with Crippen molar-refractivity contribution in [3.8, 4) is 11.3 Å². The van der Waals surface area contributed by atoms with Crippen LogP contribution in [0.25, 0.3) is 22.3 Å². The molecule has 0 radical (unpaired) electrons. The van der Waals surface area contributed by atoms with E-state index in [1.165, 1.54) is 11.1 Å². The third kappa shape index (κ3) is 3.41. The molecule has 10 heteroatoms. The van der Waals surface area contributed by atoms with E-state index in [9.17, 15) is 4.79 Å². The maximum absolute atomic E-state index is 13.5. The first kappa shape index (κ1) is 23.6. The zero-order chi connectivity index (χ0) is 27.1. The van der Waals surface area contributed by atoms with Crippen molar-refractivity contribution in [2.45, 2.75) is 43.6 Å². The number of rotatable bonds is 4. The molecule has 4 N–H and O–H groups in total. The van der Waals surface area contributed by atoms with Crippen molar-refractivity contribution < 1.29 is 0 Å². The van der Waals surface area contributed by atoms with Gasteiger partial charge in [-0.3, -0.25) is 14.9 Å². The third-order valence-corrected chi connectivity index (χ3v) is 9.60. The van der Waals surface area contributed by atoms with Crippen molar-refractivity contribution >= 4 is 17.0 Å². The van der Waals surface area contributed by atoms with Crippen molar-refractivity contribution in [2.24, 2.45) is 18.2 Å². The van der Waals surface area contributed by atoms with E-state index < -0.39 is 0 Å². The highest BCUT2D eigenvalue weighted by atomic mass is 16.1. The highest BCUT2D eigenvalue weighted by Gasteiger charge is 2.49. The highest BCUT2D eigenvalue weighted by Crippen LogP contribution is 2.54. The molecular formula is C30H31N9O. The largest absolute Gasteiger partial charge is 0.342 e. The molecule has 10 nitrogen and oxygen atoms in total. The number of nitrogens with zero attached hydrogens (tertiary/aromatic N) is 6.